The van der Waals surface area contributed by atoms with E-state index in [2.05, 4.69) is 0 Å². The molecule has 110 valence electrons. The highest BCUT2D eigenvalue weighted by Crippen LogP contribution is 2.37. The minimum absolute atomic E-state index is 0.0287. The first-order chi connectivity index (χ1) is 10.4. The Hall–Kier alpha value is -2.37. The summed E-state index contributed by atoms with van der Waals surface area (Å²) >= 11 is 12.0. The maximum atomic E-state index is 12.5. The lowest BCUT2D eigenvalue weighted by atomic mass is 10.1. The summed E-state index contributed by atoms with van der Waals surface area (Å²) in [7, 11) is 0. The van der Waals surface area contributed by atoms with Crippen molar-refractivity contribution in [2.75, 3.05) is 4.90 Å². The molecule has 1 aliphatic rings. The number of rotatable bonds is 2. The average Bonchev–Trinajstić information content (AvgIpc) is 2.74. The molecule has 2 amide bonds. The zero-order chi connectivity index (χ0) is 16.0. The second-order valence-corrected chi connectivity index (χ2v) is 5.37. The standard InChI is InChI=1S/C15H7Cl2NO4/c16-10-2-1-3-11(12(10)17)18-13(19)8-5-4-7(15(21)22)6-9(8)14(18)20/h1-6H,(H,21,22). The molecule has 0 spiro atoms. The van der Waals surface area contributed by atoms with Crippen LogP contribution in [-0.2, 0) is 0 Å². The average molecular weight is 336 g/mol. The highest BCUT2D eigenvalue weighted by Gasteiger charge is 2.38. The van der Waals surface area contributed by atoms with Crippen molar-refractivity contribution in [2.24, 2.45) is 0 Å². The Morgan fingerprint density at radius 3 is 2.36 bits per heavy atom. The van der Waals surface area contributed by atoms with E-state index in [9.17, 15) is 14.4 Å². The Morgan fingerprint density at radius 1 is 1.00 bits per heavy atom. The number of carboxylic acids is 1. The summed E-state index contributed by atoms with van der Waals surface area (Å²) in [6.07, 6.45) is 0. The first kappa shape index (κ1) is 14.6. The van der Waals surface area contributed by atoms with Gasteiger partial charge in [0.2, 0.25) is 0 Å². The quantitative estimate of drug-likeness (QED) is 0.852. The number of nitrogens with zero attached hydrogens (tertiary/aromatic N) is 1. The van der Waals surface area contributed by atoms with Gasteiger partial charge < -0.3 is 5.11 Å². The first-order valence-electron chi connectivity index (χ1n) is 6.12. The van der Waals surface area contributed by atoms with Gasteiger partial charge in [0.25, 0.3) is 11.8 Å². The van der Waals surface area contributed by atoms with E-state index in [-0.39, 0.29) is 32.4 Å². The zero-order valence-corrected chi connectivity index (χ0v) is 12.4. The molecule has 0 unspecified atom stereocenters. The van der Waals surface area contributed by atoms with Crippen LogP contribution in [0.4, 0.5) is 5.69 Å². The van der Waals surface area contributed by atoms with Crippen molar-refractivity contribution in [1.29, 1.82) is 0 Å². The van der Waals surface area contributed by atoms with Crippen LogP contribution in [0.2, 0.25) is 10.0 Å². The van der Waals surface area contributed by atoms with Gasteiger partial charge in [-0.3, -0.25) is 9.59 Å². The van der Waals surface area contributed by atoms with E-state index in [1.165, 1.54) is 30.3 Å². The number of carboxylic acid groups (broad SMARTS) is 1. The number of aromatic carboxylic acids is 1. The molecule has 0 bridgehead atoms. The minimum Gasteiger partial charge on any atom is -0.478 e. The number of benzene rings is 2. The van der Waals surface area contributed by atoms with Crippen LogP contribution < -0.4 is 4.90 Å². The summed E-state index contributed by atoms with van der Waals surface area (Å²) in [4.78, 5) is 36.7. The lowest BCUT2D eigenvalue weighted by Gasteiger charge is -2.15. The van der Waals surface area contributed by atoms with Gasteiger partial charge >= 0.3 is 5.97 Å². The molecule has 1 aliphatic heterocycles. The van der Waals surface area contributed by atoms with Gasteiger partial charge in [-0.1, -0.05) is 29.3 Å². The molecule has 5 nitrogen and oxygen atoms in total. The van der Waals surface area contributed by atoms with E-state index >= 15 is 0 Å². The third-order valence-corrected chi connectivity index (χ3v) is 4.11. The maximum absolute atomic E-state index is 12.5. The van der Waals surface area contributed by atoms with E-state index in [0.717, 1.165) is 4.90 Å². The normalized spacial score (nSPS) is 13.5. The number of fused-ring (bicyclic) bond motifs is 1. The van der Waals surface area contributed by atoms with Gasteiger partial charge in [0.1, 0.15) is 0 Å². The summed E-state index contributed by atoms with van der Waals surface area (Å²) in [6.45, 7) is 0. The van der Waals surface area contributed by atoms with E-state index in [1.54, 1.807) is 6.07 Å². The number of halogens is 2. The largest absolute Gasteiger partial charge is 0.478 e. The van der Waals surface area contributed by atoms with Gasteiger partial charge in [-0.2, -0.15) is 0 Å². The summed E-state index contributed by atoms with van der Waals surface area (Å²) in [5.41, 5.74) is 0.253. The smallest absolute Gasteiger partial charge is 0.335 e. The van der Waals surface area contributed by atoms with Crippen molar-refractivity contribution in [3.8, 4) is 0 Å². The fourth-order valence-electron chi connectivity index (χ4n) is 2.26. The SMILES string of the molecule is O=C(O)c1ccc2c(c1)C(=O)N(c1cccc(Cl)c1Cl)C2=O. The summed E-state index contributed by atoms with van der Waals surface area (Å²) in [5.74, 6) is -2.38. The van der Waals surface area contributed by atoms with E-state index in [1.807, 2.05) is 0 Å². The maximum Gasteiger partial charge on any atom is 0.335 e. The summed E-state index contributed by atoms with van der Waals surface area (Å²) in [6, 6.07) is 8.36. The number of amides is 2. The van der Waals surface area contributed by atoms with Crippen LogP contribution in [-0.4, -0.2) is 22.9 Å². The topological polar surface area (TPSA) is 74.7 Å². The molecule has 3 rings (SSSR count). The zero-order valence-electron chi connectivity index (χ0n) is 10.8. The van der Waals surface area contributed by atoms with Crippen LogP contribution in [0.5, 0.6) is 0 Å². The van der Waals surface area contributed by atoms with Crippen molar-refractivity contribution in [2.45, 2.75) is 0 Å². The molecule has 0 saturated carbocycles. The molecule has 2 aromatic carbocycles. The van der Waals surface area contributed by atoms with Crippen molar-refractivity contribution in [3.05, 3.63) is 63.1 Å². The molecular weight excluding hydrogens is 329 g/mol. The number of hydrogen-bond donors (Lipinski definition) is 1. The molecule has 2 aromatic rings. The van der Waals surface area contributed by atoms with Crippen LogP contribution in [0.15, 0.2) is 36.4 Å². The van der Waals surface area contributed by atoms with Gasteiger partial charge in [0.05, 0.1) is 32.4 Å². The second-order valence-electron chi connectivity index (χ2n) is 4.58. The minimum atomic E-state index is -1.18. The second kappa shape index (κ2) is 5.12. The Bertz CT molecular complexity index is 847. The number of imide groups is 1. The Balaban J connectivity index is 2.14. The molecule has 0 radical (unpaired) electrons. The molecule has 1 heterocycles. The van der Waals surface area contributed by atoms with Crippen LogP contribution in [0.25, 0.3) is 0 Å². The number of carbonyl (C=O) groups excluding carboxylic acids is 2. The molecule has 0 aliphatic carbocycles. The Labute approximate surface area is 134 Å². The van der Waals surface area contributed by atoms with Crippen LogP contribution >= 0.6 is 23.2 Å². The predicted octanol–water partition coefficient (Wildman–Crippen LogP) is 3.49. The van der Waals surface area contributed by atoms with E-state index in [4.69, 9.17) is 28.3 Å². The summed E-state index contributed by atoms with van der Waals surface area (Å²) < 4.78 is 0. The van der Waals surface area contributed by atoms with Crippen molar-refractivity contribution in [1.82, 2.24) is 0 Å². The highest BCUT2D eigenvalue weighted by molar-refractivity contribution is 6.46. The van der Waals surface area contributed by atoms with Crippen molar-refractivity contribution >= 4 is 46.7 Å². The molecule has 22 heavy (non-hydrogen) atoms. The van der Waals surface area contributed by atoms with Gasteiger partial charge in [0, 0.05) is 0 Å². The monoisotopic (exact) mass is 335 g/mol. The van der Waals surface area contributed by atoms with Crippen molar-refractivity contribution < 1.29 is 19.5 Å². The van der Waals surface area contributed by atoms with Crippen LogP contribution in [0.3, 0.4) is 0 Å². The Kier molecular flexibility index (Phi) is 3.39. The fraction of sp³-hybridized carbons (Fsp3) is 0. The molecule has 1 N–H and O–H groups in total. The van der Waals surface area contributed by atoms with Gasteiger partial charge in [0.15, 0.2) is 0 Å². The Morgan fingerprint density at radius 2 is 1.68 bits per heavy atom. The first-order valence-corrected chi connectivity index (χ1v) is 6.87. The molecule has 0 atom stereocenters. The number of anilines is 1. The molecule has 0 fully saturated rings. The predicted molar refractivity (Wildman–Crippen MR) is 81.0 cm³/mol. The third kappa shape index (κ3) is 2.06. The molecule has 7 heteroatoms. The van der Waals surface area contributed by atoms with Gasteiger partial charge in [-0.25, -0.2) is 9.69 Å². The van der Waals surface area contributed by atoms with Gasteiger partial charge in [-0.05, 0) is 30.3 Å². The summed E-state index contributed by atoms with van der Waals surface area (Å²) in [5, 5.41) is 9.27. The fourth-order valence-corrected chi connectivity index (χ4v) is 2.64. The highest BCUT2D eigenvalue weighted by atomic mass is 35.5. The van der Waals surface area contributed by atoms with Crippen LogP contribution in [0.1, 0.15) is 31.1 Å². The van der Waals surface area contributed by atoms with Gasteiger partial charge in [-0.15, -0.1) is 0 Å². The number of carbonyl (C=O) groups is 3. The lowest BCUT2D eigenvalue weighted by molar-refractivity contribution is 0.0696. The molecule has 0 saturated heterocycles. The third-order valence-electron chi connectivity index (χ3n) is 3.31. The lowest BCUT2D eigenvalue weighted by Crippen LogP contribution is -2.29. The number of hydrogen-bond acceptors (Lipinski definition) is 3. The van der Waals surface area contributed by atoms with Crippen molar-refractivity contribution in [3.63, 3.8) is 0 Å². The van der Waals surface area contributed by atoms with E-state index in [0.29, 0.717) is 0 Å². The van der Waals surface area contributed by atoms with Crippen LogP contribution in [0, 0.1) is 0 Å². The molecular formula is C15H7Cl2NO4. The molecule has 0 aromatic heterocycles. The van der Waals surface area contributed by atoms with E-state index < -0.39 is 17.8 Å².